The maximum absolute atomic E-state index is 5.19. The van der Waals surface area contributed by atoms with Crippen molar-refractivity contribution in [1.29, 1.82) is 0 Å². The molecule has 0 bridgehead atoms. The van der Waals surface area contributed by atoms with E-state index in [4.69, 9.17) is 4.98 Å². The average molecular weight is 594 g/mol. The van der Waals surface area contributed by atoms with Gasteiger partial charge in [0.15, 0.2) is 5.52 Å². The first kappa shape index (κ1) is 24.9. The highest BCUT2D eigenvalue weighted by Crippen LogP contribution is 2.31. The molecule has 0 N–H and O–H groups in total. The van der Waals surface area contributed by atoms with Crippen molar-refractivity contribution >= 4 is 11.0 Å². The van der Waals surface area contributed by atoms with Crippen molar-refractivity contribution in [3.05, 3.63) is 126 Å². The van der Waals surface area contributed by atoms with Crippen LogP contribution in [0.2, 0.25) is 0 Å². The summed E-state index contributed by atoms with van der Waals surface area (Å²) in [6.07, 6.45) is 0. The van der Waals surface area contributed by atoms with Gasteiger partial charge in [0.2, 0.25) is 0 Å². The van der Waals surface area contributed by atoms with Crippen LogP contribution in [0.1, 0.15) is 11.1 Å². The quantitative estimate of drug-likeness (QED) is 0.219. The van der Waals surface area contributed by atoms with Crippen LogP contribution >= 0.6 is 0 Å². The normalized spacial score (nSPS) is 10.9. The van der Waals surface area contributed by atoms with Crippen molar-refractivity contribution in [2.75, 3.05) is 0 Å². The van der Waals surface area contributed by atoms with Crippen molar-refractivity contribution in [3.8, 4) is 39.6 Å². The lowest BCUT2D eigenvalue weighted by Gasteiger charge is -2.16. The molecule has 0 amide bonds. The standard InChI is InChI=1S/C33H28N3.HI/c1-23-19-29-32(20-24(23)2)35(3)33(34-29)36-30(26-15-9-5-10-16-26)21-28(25-13-7-4-8-14-25)22-31(36)27-17-11-6-12-18-27;/h4-22H,1-3H3;1H/q+1;/p-1. The molecule has 3 nitrogen and oxygen atoms in total. The van der Waals surface area contributed by atoms with Crippen molar-refractivity contribution in [2.45, 2.75) is 13.8 Å². The van der Waals surface area contributed by atoms with Gasteiger partial charge in [-0.05, 0) is 60.4 Å². The molecule has 6 rings (SSSR count). The predicted octanol–water partition coefficient (Wildman–Crippen LogP) is 4.47. The molecule has 0 saturated heterocycles. The van der Waals surface area contributed by atoms with Crippen LogP contribution in [0.3, 0.4) is 0 Å². The minimum absolute atomic E-state index is 0. The Balaban J connectivity index is 0.00000280. The molecule has 4 heteroatoms. The molecule has 0 aliphatic carbocycles. The van der Waals surface area contributed by atoms with Gasteiger partial charge in [-0.2, -0.15) is 4.57 Å². The number of halogens is 1. The van der Waals surface area contributed by atoms with E-state index in [1.54, 1.807) is 0 Å². The fourth-order valence-corrected chi connectivity index (χ4v) is 4.88. The van der Waals surface area contributed by atoms with Gasteiger partial charge < -0.3 is 24.0 Å². The van der Waals surface area contributed by atoms with E-state index >= 15 is 0 Å². The lowest BCUT2D eigenvalue weighted by Crippen LogP contribution is -3.00. The van der Waals surface area contributed by atoms with Crippen molar-refractivity contribution in [3.63, 3.8) is 0 Å². The lowest BCUT2D eigenvalue weighted by molar-refractivity contribution is -0.581. The third-order valence-corrected chi connectivity index (χ3v) is 6.99. The molecule has 0 fully saturated rings. The largest absolute Gasteiger partial charge is 1.00 e. The summed E-state index contributed by atoms with van der Waals surface area (Å²) in [6, 6.07) is 40.8. The van der Waals surface area contributed by atoms with Crippen molar-refractivity contribution in [2.24, 2.45) is 7.05 Å². The number of benzene rings is 4. The van der Waals surface area contributed by atoms with Gasteiger partial charge >= 0.3 is 5.95 Å². The van der Waals surface area contributed by atoms with E-state index in [-0.39, 0.29) is 24.0 Å². The van der Waals surface area contributed by atoms with E-state index in [1.165, 1.54) is 22.3 Å². The Kier molecular flexibility index (Phi) is 6.94. The molecule has 4 aromatic carbocycles. The van der Waals surface area contributed by atoms with E-state index < -0.39 is 0 Å². The minimum atomic E-state index is 0. The van der Waals surface area contributed by atoms with Crippen LogP contribution in [0.15, 0.2) is 115 Å². The SMILES string of the molecule is Cc1cc2nc(-[n+]3c(-c4ccccc4)cc(-c4ccccc4)cc3-c3ccccc3)n(C)c2cc1C.[I-]. The Labute approximate surface area is 235 Å². The Bertz CT molecular complexity index is 1630. The molecule has 2 aromatic heterocycles. The zero-order valence-electron chi connectivity index (χ0n) is 21.2. The van der Waals surface area contributed by atoms with Gasteiger partial charge in [0, 0.05) is 11.1 Å². The number of hydrogen-bond acceptors (Lipinski definition) is 1. The molecule has 0 atom stereocenters. The third-order valence-electron chi connectivity index (χ3n) is 6.99. The summed E-state index contributed by atoms with van der Waals surface area (Å²) in [5.41, 5.74) is 11.5. The van der Waals surface area contributed by atoms with Gasteiger partial charge in [0.25, 0.3) is 0 Å². The molecular weight excluding hydrogens is 565 g/mol. The number of pyridine rings is 1. The first-order chi connectivity index (χ1) is 17.6. The maximum Gasteiger partial charge on any atom is 0.405 e. The van der Waals surface area contributed by atoms with Crippen molar-refractivity contribution < 1.29 is 28.5 Å². The van der Waals surface area contributed by atoms with E-state index in [2.05, 4.69) is 145 Å². The molecule has 0 spiro atoms. The number of nitrogens with zero attached hydrogens (tertiary/aromatic N) is 3. The minimum Gasteiger partial charge on any atom is -1.00 e. The van der Waals surface area contributed by atoms with Gasteiger partial charge in [-0.1, -0.05) is 96.0 Å². The van der Waals surface area contributed by atoms with Gasteiger partial charge in [-0.15, -0.1) is 0 Å². The van der Waals surface area contributed by atoms with E-state index in [0.717, 1.165) is 39.5 Å². The number of hydrogen-bond donors (Lipinski definition) is 0. The molecule has 0 radical (unpaired) electrons. The summed E-state index contributed by atoms with van der Waals surface area (Å²) in [5, 5.41) is 0. The van der Waals surface area contributed by atoms with Gasteiger partial charge in [0.1, 0.15) is 16.9 Å². The van der Waals surface area contributed by atoms with Gasteiger partial charge in [0.05, 0.1) is 7.05 Å². The first-order valence-electron chi connectivity index (χ1n) is 12.3. The summed E-state index contributed by atoms with van der Waals surface area (Å²) in [4.78, 5) is 5.19. The monoisotopic (exact) mass is 593 g/mol. The smallest absolute Gasteiger partial charge is 0.405 e. The maximum atomic E-state index is 5.19. The second kappa shape index (κ2) is 10.3. The third kappa shape index (κ3) is 4.58. The van der Waals surface area contributed by atoms with E-state index in [1.807, 2.05) is 0 Å². The highest BCUT2D eigenvalue weighted by Gasteiger charge is 2.27. The second-order valence-corrected chi connectivity index (χ2v) is 9.34. The van der Waals surface area contributed by atoms with Crippen LogP contribution in [-0.2, 0) is 7.05 Å². The lowest BCUT2D eigenvalue weighted by atomic mass is 9.99. The fourth-order valence-electron chi connectivity index (χ4n) is 4.88. The van der Waals surface area contributed by atoms with Crippen LogP contribution in [0.25, 0.3) is 50.6 Å². The number of rotatable bonds is 4. The van der Waals surface area contributed by atoms with Crippen LogP contribution in [0, 0.1) is 13.8 Å². The fraction of sp³-hybridized carbons (Fsp3) is 0.0909. The molecule has 0 aliphatic heterocycles. The zero-order valence-corrected chi connectivity index (χ0v) is 23.3. The molecule has 6 aromatic rings. The Morgan fingerprint density at radius 1 is 0.568 bits per heavy atom. The number of imidazole rings is 1. The predicted molar refractivity (Wildman–Crippen MR) is 148 cm³/mol. The number of fused-ring (bicyclic) bond motifs is 1. The molecule has 37 heavy (non-hydrogen) atoms. The Hall–Kier alpha value is -3.77. The highest BCUT2D eigenvalue weighted by molar-refractivity contribution is 5.79. The summed E-state index contributed by atoms with van der Waals surface area (Å²) in [6.45, 7) is 4.31. The Morgan fingerprint density at radius 3 is 1.54 bits per heavy atom. The van der Waals surface area contributed by atoms with Crippen LogP contribution in [-0.4, -0.2) is 9.55 Å². The molecule has 0 aliphatic rings. The summed E-state index contributed by atoms with van der Waals surface area (Å²) in [5.74, 6) is 0.896. The number of aryl methyl sites for hydroxylation is 3. The average Bonchev–Trinajstić information content (AvgIpc) is 3.24. The van der Waals surface area contributed by atoms with Crippen molar-refractivity contribution in [1.82, 2.24) is 9.55 Å². The molecule has 0 saturated carbocycles. The summed E-state index contributed by atoms with van der Waals surface area (Å²) in [7, 11) is 2.11. The van der Waals surface area contributed by atoms with E-state index in [9.17, 15) is 0 Å². The van der Waals surface area contributed by atoms with E-state index in [0.29, 0.717) is 0 Å². The molecule has 2 heterocycles. The first-order valence-corrected chi connectivity index (χ1v) is 12.3. The van der Waals surface area contributed by atoms with Gasteiger partial charge in [-0.3, -0.25) is 0 Å². The summed E-state index contributed by atoms with van der Waals surface area (Å²) < 4.78 is 4.52. The van der Waals surface area contributed by atoms with Gasteiger partial charge in [-0.25, -0.2) is 4.57 Å². The van der Waals surface area contributed by atoms with Crippen LogP contribution in [0.4, 0.5) is 0 Å². The Morgan fingerprint density at radius 2 is 1.03 bits per heavy atom. The van der Waals surface area contributed by atoms with Crippen LogP contribution < -0.4 is 28.5 Å². The zero-order chi connectivity index (χ0) is 24.6. The van der Waals surface area contributed by atoms with Crippen LogP contribution in [0.5, 0.6) is 0 Å². The molecular formula is C33H28IN3. The highest BCUT2D eigenvalue weighted by atomic mass is 127. The summed E-state index contributed by atoms with van der Waals surface area (Å²) >= 11 is 0. The molecule has 182 valence electrons. The second-order valence-electron chi connectivity index (χ2n) is 9.34. The molecule has 0 unspecified atom stereocenters. The number of aromatic nitrogens is 3. The topological polar surface area (TPSA) is 21.7 Å².